The van der Waals surface area contributed by atoms with Gasteiger partial charge in [-0.25, -0.2) is 4.98 Å². The minimum Gasteiger partial charge on any atom is -0.484 e. The van der Waals surface area contributed by atoms with Gasteiger partial charge in [0.05, 0.1) is 6.26 Å². The van der Waals surface area contributed by atoms with E-state index >= 15 is 0 Å². The molecule has 2 heterocycles. The Morgan fingerprint density at radius 3 is 3.05 bits per heavy atom. The first-order valence-corrected chi connectivity index (χ1v) is 7.57. The molecular weight excluding hydrogens is 300 g/mol. The number of amides is 1. The van der Waals surface area contributed by atoms with E-state index in [9.17, 15) is 4.79 Å². The third kappa shape index (κ3) is 3.53. The SMILES string of the molecule is Cc1cccc(OCC(=O)Nc2nc(-c3ccco3)cs2)c1. The van der Waals surface area contributed by atoms with E-state index in [4.69, 9.17) is 9.15 Å². The molecule has 0 saturated carbocycles. The van der Waals surface area contributed by atoms with E-state index in [0.29, 0.717) is 22.3 Å². The van der Waals surface area contributed by atoms with Crippen LogP contribution in [-0.4, -0.2) is 17.5 Å². The first-order chi connectivity index (χ1) is 10.7. The van der Waals surface area contributed by atoms with Gasteiger partial charge in [-0.2, -0.15) is 0 Å². The molecule has 3 rings (SSSR count). The van der Waals surface area contributed by atoms with Gasteiger partial charge in [0.15, 0.2) is 17.5 Å². The maximum absolute atomic E-state index is 11.9. The number of aromatic nitrogens is 1. The van der Waals surface area contributed by atoms with Gasteiger partial charge in [0, 0.05) is 5.38 Å². The summed E-state index contributed by atoms with van der Waals surface area (Å²) in [5.74, 6) is 1.10. The normalized spacial score (nSPS) is 10.4. The number of hydrogen-bond acceptors (Lipinski definition) is 5. The monoisotopic (exact) mass is 314 g/mol. The smallest absolute Gasteiger partial charge is 0.264 e. The van der Waals surface area contributed by atoms with E-state index in [-0.39, 0.29) is 12.5 Å². The second-order valence-corrected chi connectivity index (χ2v) is 5.53. The van der Waals surface area contributed by atoms with Crippen LogP contribution in [0.25, 0.3) is 11.5 Å². The molecule has 0 fully saturated rings. The van der Waals surface area contributed by atoms with Gasteiger partial charge in [-0.05, 0) is 36.8 Å². The second kappa shape index (κ2) is 6.44. The standard InChI is InChI=1S/C16H14N2O3S/c1-11-4-2-5-12(8-11)21-9-15(19)18-16-17-13(10-22-16)14-6-3-7-20-14/h2-8,10H,9H2,1H3,(H,17,18,19). The van der Waals surface area contributed by atoms with E-state index in [0.717, 1.165) is 5.56 Å². The minimum absolute atomic E-state index is 0.0564. The van der Waals surface area contributed by atoms with Crippen molar-refractivity contribution in [2.75, 3.05) is 11.9 Å². The summed E-state index contributed by atoms with van der Waals surface area (Å²) in [6, 6.07) is 11.2. The number of carbonyl (C=O) groups is 1. The largest absolute Gasteiger partial charge is 0.484 e. The van der Waals surface area contributed by atoms with Crippen molar-refractivity contribution in [3.05, 3.63) is 53.6 Å². The van der Waals surface area contributed by atoms with Crippen LogP contribution < -0.4 is 10.1 Å². The Morgan fingerprint density at radius 1 is 1.36 bits per heavy atom. The number of furan rings is 1. The number of ether oxygens (including phenoxy) is 1. The van der Waals surface area contributed by atoms with Crippen LogP contribution in [0.2, 0.25) is 0 Å². The zero-order valence-electron chi connectivity index (χ0n) is 11.9. The predicted octanol–water partition coefficient (Wildman–Crippen LogP) is 3.73. The number of aryl methyl sites for hydroxylation is 1. The highest BCUT2D eigenvalue weighted by Crippen LogP contribution is 2.25. The molecule has 5 nitrogen and oxygen atoms in total. The molecule has 0 aliphatic carbocycles. The Kier molecular flexibility index (Phi) is 4.20. The van der Waals surface area contributed by atoms with E-state index in [1.165, 1.54) is 11.3 Å². The Hall–Kier alpha value is -2.60. The number of rotatable bonds is 5. The summed E-state index contributed by atoms with van der Waals surface area (Å²) in [6.07, 6.45) is 1.59. The first-order valence-electron chi connectivity index (χ1n) is 6.69. The summed E-state index contributed by atoms with van der Waals surface area (Å²) < 4.78 is 10.7. The number of anilines is 1. The lowest BCUT2D eigenvalue weighted by molar-refractivity contribution is -0.118. The highest BCUT2D eigenvalue weighted by molar-refractivity contribution is 7.14. The molecule has 0 unspecified atom stereocenters. The van der Waals surface area contributed by atoms with E-state index < -0.39 is 0 Å². The average molecular weight is 314 g/mol. The van der Waals surface area contributed by atoms with Crippen LogP contribution in [0.3, 0.4) is 0 Å². The van der Waals surface area contributed by atoms with E-state index in [1.807, 2.05) is 42.6 Å². The van der Waals surface area contributed by atoms with Crippen LogP contribution in [0.4, 0.5) is 5.13 Å². The number of nitrogens with one attached hydrogen (secondary N) is 1. The molecule has 0 bridgehead atoms. The molecule has 0 saturated heterocycles. The van der Waals surface area contributed by atoms with Gasteiger partial charge in [-0.1, -0.05) is 12.1 Å². The Balaban J connectivity index is 1.56. The molecule has 1 N–H and O–H groups in total. The summed E-state index contributed by atoms with van der Waals surface area (Å²) in [5.41, 5.74) is 1.78. The molecule has 3 aromatic rings. The minimum atomic E-state index is -0.248. The van der Waals surface area contributed by atoms with Crippen molar-refractivity contribution in [3.63, 3.8) is 0 Å². The predicted molar refractivity (Wildman–Crippen MR) is 85.1 cm³/mol. The van der Waals surface area contributed by atoms with Crippen molar-refractivity contribution in [1.82, 2.24) is 4.98 Å². The molecule has 22 heavy (non-hydrogen) atoms. The molecule has 0 radical (unpaired) electrons. The summed E-state index contributed by atoms with van der Waals surface area (Å²) in [7, 11) is 0. The number of benzene rings is 1. The Bertz CT molecular complexity index is 765. The van der Waals surface area contributed by atoms with Crippen LogP contribution >= 0.6 is 11.3 Å². The lowest BCUT2D eigenvalue weighted by atomic mass is 10.2. The molecule has 112 valence electrons. The van der Waals surface area contributed by atoms with Crippen LogP contribution in [0.15, 0.2) is 52.5 Å². The van der Waals surface area contributed by atoms with Gasteiger partial charge < -0.3 is 9.15 Å². The van der Waals surface area contributed by atoms with Gasteiger partial charge in [0.2, 0.25) is 0 Å². The molecule has 2 aromatic heterocycles. The maximum atomic E-state index is 11.9. The van der Waals surface area contributed by atoms with Crippen molar-refractivity contribution in [2.24, 2.45) is 0 Å². The van der Waals surface area contributed by atoms with Crippen molar-refractivity contribution < 1.29 is 13.9 Å². The molecule has 0 atom stereocenters. The number of carbonyl (C=O) groups excluding carboxylic acids is 1. The van der Waals surface area contributed by atoms with Crippen LogP contribution in [0.1, 0.15) is 5.56 Å². The van der Waals surface area contributed by atoms with Crippen LogP contribution in [-0.2, 0) is 4.79 Å². The summed E-state index contributed by atoms with van der Waals surface area (Å²) in [6.45, 7) is 1.91. The number of hydrogen-bond donors (Lipinski definition) is 1. The quantitative estimate of drug-likeness (QED) is 0.779. The fourth-order valence-corrected chi connectivity index (χ4v) is 2.59. The molecule has 0 aliphatic heterocycles. The van der Waals surface area contributed by atoms with Gasteiger partial charge in [0.1, 0.15) is 11.4 Å². The van der Waals surface area contributed by atoms with Crippen LogP contribution in [0, 0.1) is 6.92 Å². The topological polar surface area (TPSA) is 64.4 Å². The Labute approximate surface area is 131 Å². The fraction of sp³-hybridized carbons (Fsp3) is 0.125. The molecular formula is C16H14N2O3S. The van der Waals surface area contributed by atoms with Gasteiger partial charge in [-0.3, -0.25) is 10.1 Å². The highest BCUT2D eigenvalue weighted by Gasteiger charge is 2.10. The van der Waals surface area contributed by atoms with Crippen LogP contribution in [0.5, 0.6) is 5.75 Å². The van der Waals surface area contributed by atoms with E-state index in [2.05, 4.69) is 10.3 Å². The summed E-state index contributed by atoms with van der Waals surface area (Å²) in [4.78, 5) is 16.2. The molecule has 6 heteroatoms. The molecule has 0 aliphatic rings. The van der Waals surface area contributed by atoms with Gasteiger partial charge in [-0.15, -0.1) is 11.3 Å². The van der Waals surface area contributed by atoms with Crippen molar-refractivity contribution in [2.45, 2.75) is 6.92 Å². The summed E-state index contributed by atoms with van der Waals surface area (Å²) >= 11 is 1.34. The molecule has 0 spiro atoms. The Morgan fingerprint density at radius 2 is 2.27 bits per heavy atom. The number of nitrogens with zero attached hydrogens (tertiary/aromatic N) is 1. The van der Waals surface area contributed by atoms with Gasteiger partial charge in [0.25, 0.3) is 5.91 Å². The molecule has 1 aromatic carbocycles. The zero-order valence-corrected chi connectivity index (χ0v) is 12.7. The zero-order chi connectivity index (χ0) is 15.4. The first kappa shape index (κ1) is 14.3. The average Bonchev–Trinajstić information content (AvgIpc) is 3.16. The molecule has 1 amide bonds. The summed E-state index contributed by atoms with van der Waals surface area (Å²) in [5, 5.41) is 5.06. The van der Waals surface area contributed by atoms with Crippen molar-refractivity contribution in [1.29, 1.82) is 0 Å². The maximum Gasteiger partial charge on any atom is 0.264 e. The highest BCUT2D eigenvalue weighted by atomic mass is 32.1. The second-order valence-electron chi connectivity index (χ2n) is 4.67. The lowest BCUT2D eigenvalue weighted by Crippen LogP contribution is -2.20. The van der Waals surface area contributed by atoms with Crippen molar-refractivity contribution in [3.8, 4) is 17.2 Å². The number of thiazole rings is 1. The fourth-order valence-electron chi connectivity index (χ4n) is 1.88. The van der Waals surface area contributed by atoms with Gasteiger partial charge >= 0.3 is 0 Å². The third-order valence-corrected chi connectivity index (χ3v) is 3.64. The van der Waals surface area contributed by atoms with E-state index in [1.54, 1.807) is 12.3 Å². The van der Waals surface area contributed by atoms with Crippen molar-refractivity contribution >= 4 is 22.4 Å². The lowest BCUT2D eigenvalue weighted by Gasteiger charge is -2.06. The third-order valence-electron chi connectivity index (χ3n) is 2.88.